The molecule has 0 aliphatic rings. The summed E-state index contributed by atoms with van der Waals surface area (Å²) in [6, 6.07) is 12.4. The van der Waals surface area contributed by atoms with Crippen molar-refractivity contribution in [2.75, 3.05) is 26.1 Å². The number of likely N-dealkylation sites (N-methyl/N-ethyl adjacent to an activating group) is 1. The van der Waals surface area contributed by atoms with Gasteiger partial charge in [-0.2, -0.15) is 0 Å². The van der Waals surface area contributed by atoms with Crippen molar-refractivity contribution in [1.82, 2.24) is 5.32 Å². The summed E-state index contributed by atoms with van der Waals surface area (Å²) in [7, 11) is -0.264. The van der Waals surface area contributed by atoms with Gasteiger partial charge < -0.3 is 5.32 Å². The highest BCUT2D eigenvalue weighted by atomic mass is 32.2. The highest BCUT2D eigenvalue weighted by Crippen LogP contribution is 2.27. The summed E-state index contributed by atoms with van der Waals surface area (Å²) in [5, 5.41) is 5.54. The van der Waals surface area contributed by atoms with Crippen molar-refractivity contribution in [2.24, 2.45) is 0 Å². The summed E-state index contributed by atoms with van der Waals surface area (Å²) < 4.78 is 12.3. The Kier molecular flexibility index (Phi) is 3.83. The summed E-state index contributed by atoms with van der Waals surface area (Å²) >= 11 is 0. The number of hydrogen-bond donors (Lipinski definition) is 2. The Hall–Kier alpha value is -1.19. The van der Waals surface area contributed by atoms with Crippen molar-refractivity contribution in [3.63, 3.8) is 0 Å². The van der Waals surface area contributed by atoms with Gasteiger partial charge in [0.25, 0.3) is 0 Å². The first-order valence-corrected chi connectivity index (χ1v) is 8.85. The summed E-state index contributed by atoms with van der Waals surface area (Å²) in [4.78, 5) is 0.992. The molecular weight excluding hydrogens is 242 g/mol. The van der Waals surface area contributed by atoms with E-state index in [9.17, 15) is 4.21 Å². The lowest BCUT2D eigenvalue weighted by Gasteiger charge is -2.16. The minimum Gasteiger partial charge on any atom is -0.319 e. The van der Waals surface area contributed by atoms with Crippen LogP contribution >= 0.6 is 0 Å². The minimum atomic E-state index is -2.22. The molecule has 2 nitrogen and oxygen atoms in total. The molecule has 0 atom stereocenters. The SMILES string of the molecule is CNCCc1cccc2c([SH](C)(C)=O)cccc12. The summed E-state index contributed by atoms with van der Waals surface area (Å²) in [5.74, 6) is 0. The number of hydrogen-bond acceptors (Lipinski definition) is 2. The van der Waals surface area contributed by atoms with E-state index in [0.29, 0.717) is 0 Å². The zero-order valence-electron chi connectivity index (χ0n) is 11.2. The molecule has 0 bridgehead atoms. The van der Waals surface area contributed by atoms with Crippen LogP contribution in [-0.2, 0) is 16.4 Å². The zero-order chi connectivity index (χ0) is 13.2. The molecule has 2 rings (SSSR count). The standard InChI is InChI=1S/C15H21NOS/c1-16-11-10-12-6-4-8-14-13(12)7-5-9-15(14)18(2,3)17/h4-9,16,18H,10-11H2,1-3H3. The Balaban J connectivity index is 2.62. The second-order valence-electron chi connectivity index (χ2n) is 4.99. The zero-order valence-corrected chi connectivity index (χ0v) is 12.1. The second kappa shape index (κ2) is 5.21. The average molecular weight is 263 g/mol. The molecule has 2 aromatic rings. The van der Waals surface area contributed by atoms with Crippen molar-refractivity contribution in [1.29, 1.82) is 0 Å². The van der Waals surface area contributed by atoms with Crippen LogP contribution in [0.2, 0.25) is 0 Å². The van der Waals surface area contributed by atoms with Crippen LogP contribution in [0.5, 0.6) is 0 Å². The third-order valence-corrected chi connectivity index (χ3v) is 4.76. The van der Waals surface area contributed by atoms with Gasteiger partial charge in [-0.1, -0.05) is 40.3 Å². The van der Waals surface area contributed by atoms with E-state index in [1.807, 2.05) is 31.7 Å². The molecule has 0 aromatic heterocycles. The number of rotatable bonds is 4. The molecule has 0 unspecified atom stereocenters. The lowest BCUT2D eigenvalue weighted by atomic mass is 10.0. The molecule has 0 saturated carbocycles. The first kappa shape index (κ1) is 13.2. The van der Waals surface area contributed by atoms with Gasteiger partial charge >= 0.3 is 0 Å². The highest BCUT2D eigenvalue weighted by molar-refractivity contribution is 8.02. The Morgan fingerprint density at radius 2 is 1.72 bits per heavy atom. The fraction of sp³-hybridized carbons (Fsp3) is 0.333. The van der Waals surface area contributed by atoms with Crippen molar-refractivity contribution in [2.45, 2.75) is 11.3 Å². The van der Waals surface area contributed by atoms with Crippen molar-refractivity contribution in [3.05, 3.63) is 42.0 Å². The maximum absolute atomic E-state index is 12.3. The summed E-state index contributed by atoms with van der Waals surface area (Å²) in [6.07, 6.45) is 4.67. The molecule has 0 amide bonds. The first-order valence-electron chi connectivity index (χ1n) is 6.25. The quantitative estimate of drug-likeness (QED) is 0.828. The molecule has 0 aliphatic carbocycles. The van der Waals surface area contributed by atoms with Crippen LogP contribution in [0.3, 0.4) is 0 Å². The Bertz CT molecular complexity index is 600. The predicted molar refractivity (Wildman–Crippen MR) is 81.2 cm³/mol. The van der Waals surface area contributed by atoms with Gasteiger partial charge in [0.05, 0.1) is 0 Å². The molecule has 2 aromatic carbocycles. The number of benzene rings is 2. The largest absolute Gasteiger partial charge is 0.319 e. The molecule has 18 heavy (non-hydrogen) atoms. The van der Waals surface area contributed by atoms with Gasteiger partial charge in [0.15, 0.2) is 0 Å². The average Bonchev–Trinajstić information content (AvgIpc) is 2.34. The van der Waals surface area contributed by atoms with E-state index < -0.39 is 9.93 Å². The molecule has 0 fully saturated rings. The van der Waals surface area contributed by atoms with E-state index >= 15 is 0 Å². The van der Waals surface area contributed by atoms with Crippen LogP contribution in [-0.4, -0.2) is 30.3 Å². The maximum atomic E-state index is 12.3. The van der Waals surface area contributed by atoms with Gasteiger partial charge in [0.1, 0.15) is 0 Å². The van der Waals surface area contributed by atoms with E-state index in [1.54, 1.807) is 0 Å². The molecule has 1 N–H and O–H groups in total. The van der Waals surface area contributed by atoms with Crippen LogP contribution < -0.4 is 5.32 Å². The minimum absolute atomic E-state index is 0.958. The van der Waals surface area contributed by atoms with E-state index in [2.05, 4.69) is 29.6 Å². The third kappa shape index (κ3) is 2.62. The molecule has 0 spiro atoms. The van der Waals surface area contributed by atoms with Gasteiger partial charge in [-0.3, -0.25) is 4.21 Å². The lowest BCUT2D eigenvalue weighted by Crippen LogP contribution is -2.11. The Morgan fingerprint density at radius 3 is 2.39 bits per heavy atom. The van der Waals surface area contributed by atoms with E-state index in [1.165, 1.54) is 10.9 Å². The lowest BCUT2D eigenvalue weighted by molar-refractivity contribution is 0.679. The normalized spacial score (nSPS) is 12.8. The molecule has 0 saturated heterocycles. The fourth-order valence-corrected chi connectivity index (χ4v) is 3.53. The van der Waals surface area contributed by atoms with Crippen LogP contribution in [0.4, 0.5) is 0 Å². The fourth-order valence-electron chi connectivity index (χ4n) is 2.31. The maximum Gasteiger partial charge on any atom is 0.0220 e. The van der Waals surface area contributed by atoms with Crippen molar-refractivity contribution >= 4 is 20.7 Å². The van der Waals surface area contributed by atoms with Crippen LogP contribution in [0, 0.1) is 0 Å². The Morgan fingerprint density at radius 1 is 1.06 bits per heavy atom. The third-order valence-electron chi connectivity index (χ3n) is 3.21. The molecule has 0 radical (unpaired) electrons. The Labute approximate surface area is 110 Å². The topological polar surface area (TPSA) is 29.1 Å². The van der Waals surface area contributed by atoms with Gasteiger partial charge in [-0.05, 0) is 54.9 Å². The first-order chi connectivity index (χ1) is 8.54. The highest BCUT2D eigenvalue weighted by Gasteiger charge is 2.10. The summed E-state index contributed by atoms with van der Waals surface area (Å²) in [5.41, 5.74) is 1.32. The van der Waals surface area contributed by atoms with E-state index in [-0.39, 0.29) is 0 Å². The van der Waals surface area contributed by atoms with Crippen LogP contribution in [0.1, 0.15) is 5.56 Å². The smallest absolute Gasteiger partial charge is 0.0220 e. The van der Waals surface area contributed by atoms with Crippen molar-refractivity contribution in [3.8, 4) is 0 Å². The van der Waals surface area contributed by atoms with Crippen LogP contribution in [0.25, 0.3) is 10.8 Å². The molecular formula is C15H21NOS. The van der Waals surface area contributed by atoms with Gasteiger partial charge in [-0.15, -0.1) is 0 Å². The van der Waals surface area contributed by atoms with E-state index in [0.717, 1.165) is 23.2 Å². The monoisotopic (exact) mass is 263 g/mol. The number of fused-ring (bicyclic) bond motifs is 1. The molecule has 3 heteroatoms. The van der Waals surface area contributed by atoms with Gasteiger partial charge in [-0.25, -0.2) is 0 Å². The second-order valence-corrected chi connectivity index (χ2v) is 8.18. The molecule has 98 valence electrons. The van der Waals surface area contributed by atoms with Gasteiger partial charge in [0.2, 0.25) is 0 Å². The van der Waals surface area contributed by atoms with Crippen molar-refractivity contribution < 1.29 is 4.21 Å². The predicted octanol–water partition coefficient (Wildman–Crippen LogP) is 2.24. The molecule has 0 heterocycles. The van der Waals surface area contributed by atoms with E-state index in [4.69, 9.17) is 0 Å². The molecule has 0 aliphatic heterocycles. The number of thiol groups is 1. The van der Waals surface area contributed by atoms with Crippen LogP contribution in [0.15, 0.2) is 41.3 Å². The van der Waals surface area contributed by atoms with Gasteiger partial charge in [0, 0.05) is 4.90 Å². The number of nitrogens with one attached hydrogen (secondary N) is 1. The summed E-state index contributed by atoms with van der Waals surface area (Å²) in [6.45, 7) is 0.958.